The second kappa shape index (κ2) is 7.53. The van der Waals surface area contributed by atoms with Gasteiger partial charge >= 0.3 is 6.03 Å². The fourth-order valence-electron chi connectivity index (χ4n) is 3.33. The first-order valence-corrected chi connectivity index (χ1v) is 8.90. The Morgan fingerprint density at radius 2 is 1.96 bits per heavy atom. The minimum absolute atomic E-state index is 0.0795. The monoisotopic (exact) mass is 349 g/mol. The summed E-state index contributed by atoms with van der Waals surface area (Å²) in [6.45, 7) is 7.41. The largest absolute Gasteiger partial charge is 0.378 e. The van der Waals surface area contributed by atoms with Gasteiger partial charge in [-0.3, -0.25) is 4.79 Å². The average Bonchev–Trinajstić information content (AvgIpc) is 3.04. The number of hydrogen-bond donors (Lipinski definition) is 1. The maximum absolute atomic E-state index is 12.6. The third-order valence-corrected chi connectivity index (χ3v) is 5.10. The Morgan fingerprint density at radius 3 is 2.56 bits per heavy atom. The highest BCUT2D eigenvalue weighted by Gasteiger charge is 2.33. The van der Waals surface area contributed by atoms with Gasteiger partial charge < -0.3 is 19.9 Å². The van der Waals surface area contributed by atoms with Crippen molar-refractivity contribution in [2.45, 2.75) is 44.9 Å². The number of rotatable bonds is 4. The lowest BCUT2D eigenvalue weighted by Gasteiger charge is -2.38. The quantitative estimate of drug-likeness (QED) is 0.869. The van der Waals surface area contributed by atoms with Gasteiger partial charge in [-0.05, 0) is 26.7 Å². The van der Waals surface area contributed by atoms with Gasteiger partial charge in [-0.1, -0.05) is 0 Å². The summed E-state index contributed by atoms with van der Waals surface area (Å²) in [6, 6.07) is 0.427. The summed E-state index contributed by atoms with van der Waals surface area (Å²) in [7, 11) is 1.63. The lowest BCUT2D eigenvalue weighted by Crippen LogP contribution is -2.56. The summed E-state index contributed by atoms with van der Waals surface area (Å²) in [4.78, 5) is 33.2. The second-order valence-corrected chi connectivity index (χ2v) is 7.04. The van der Waals surface area contributed by atoms with Crippen molar-refractivity contribution in [1.29, 1.82) is 0 Å². The van der Waals surface area contributed by atoms with Crippen molar-refractivity contribution in [3.63, 3.8) is 0 Å². The van der Waals surface area contributed by atoms with Crippen LogP contribution in [0.2, 0.25) is 0 Å². The second-order valence-electron chi connectivity index (χ2n) is 7.04. The van der Waals surface area contributed by atoms with Crippen molar-refractivity contribution in [2.24, 2.45) is 0 Å². The van der Waals surface area contributed by atoms with E-state index in [1.54, 1.807) is 18.2 Å². The number of piperidine rings is 1. The number of nitrogens with zero attached hydrogens (tertiary/aromatic N) is 4. The van der Waals surface area contributed by atoms with Crippen LogP contribution in [-0.4, -0.2) is 82.8 Å². The van der Waals surface area contributed by atoms with Crippen LogP contribution in [0.25, 0.3) is 0 Å². The van der Waals surface area contributed by atoms with Crippen molar-refractivity contribution in [1.82, 2.24) is 24.7 Å². The van der Waals surface area contributed by atoms with Crippen LogP contribution >= 0.6 is 0 Å². The van der Waals surface area contributed by atoms with E-state index in [2.05, 4.69) is 29.0 Å². The molecular weight excluding hydrogens is 322 g/mol. The molecule has 1 aromatic rings. The molecule has 138 valence electrons. The molecule has 0 spiro atoms. The van der Waals surface area contributed by atoms with Crippen molar-refractivity contribution in [2.75, 3.05) is 33.3 Å². The van der Waals surface area contributed by atoms with Gasteiger partial charge in [-0.15, -0.1) is 0 Å². The first-order chi connectivity index (χ1) is 12.0. The van der Waals surface area contributed by atoms with Crippen molar-refractivity contribution >= 4 is 11.9 Å². The summed E-state index contributed by atoms with van der Waals surface area (Å²) < 4.78 is 6.51. The highest BCUT2D eigenvalue weighted by atomic mass is 16.5. The normalized spacial score (nSPS) is 19.9. The van der Waals surface area contributed by atoms with E-state index in [-0.39, 0.29) is 29.9 Å². The Hall–Kier alpha value is -1.93. The van der Waals surface area contributed by atoms with Crippen LogP contribution < -0.4 is 5.32 Å². The number of amides is 2. The molecule has 0 aliphatic carbocycles. The van der Waals surface area contributed by atoms with Gasteiger partial charge in [-0.25, -0.2) is 14.3 Å². The molecule has 2 fully saturated rings. The summed E-state index contributed by atoms with van der Waals surface area (Å²) in [5, 5.41) is 3.03. The predicted molar refractivity (Wildman–Crippen MR) is 92.6 cm³/mol. The minimum Gasteiger partial charge on any atom is -0.378 e. The van der Waals surface area contributed by atoms with Crippen LogP contribution in [0.5, 0.6) is 0 Å². The number of nitrogens with one attached hydrogen (secondary N) is 1. The van der Waals surface area contributed by atoms with E-state index >= 15 is 0 Å². The van der Waals surface area contributed by atoms with Crippen LogP contribution in [0.15, 0.2) is 12.4 Å². The molecule has 0 saturated carbocycles. The van der Waals surface area contributed by atoms with Gasteiger partial charge in [0.05, 0.1) is 19.2 Å². The molecule has 2 aliphatic heterocycles. The number of ether oxygens (including phenoxy) is 1. The summed E-state index contributed by atoms with van der Waals surface area (Å²) in [5.41, 5.74) is 0. The lowest BCUT2D eigenvalue weighted by molar-refractivity contribution is -0.00748. The number of aromatic nitrogens is 2. The van der Waals surface area contributed by atoms with Crippen LogP contribution in [-0.2, 0) is 4.74 Å². The number of carbonyl (C=O) groups excluding carboxylic acids is 2. The third-order valence-electron chi connectivity index (χ3n) is 5.10. The Labute approximate surface area is 148 Å². The Balaban J connectivity index is 1.57. The van der Waals surface area contributed by atoms with Gasteiger partial charge in [0.25, 0.3) is 5.91 Å². The van der Waals surface area contributed by atoms with E-state index in [4.69, 9.17) is 4.74 Å². The van der Waals surface area contributed by atoms with E-state index in [1.165, 1.54) is 10.8 Å². The fourth-order valence-corrected chi connectivity index (χ4v) is 3.33. The van der Waals surface area contributed by atoms with Gasteiger partial charge in [0.15, 0.2) is 0 Å². The molecule has 0 atom stereocenters. The molecule has 2 aliphatic rings. The van der Waals surface area contributed by atoms with Crippen molar-refractivity contribution in [3.8, 4) is 0 Å². The van der Waals surface area contributed by atoms with Crippen LogP contribution in [0.1, 0.15) is 37.3 Å². The molecule has 8 nitrogen and oxygen atoms in total. The number of likely N-dealkylation sites (tertiary alicyclic amines) is 2. The molecule has 0 unspecified atom stereocenters. The maximum Gasteiger partial charge on any atom is 0.330 e. The predicted octanol–water partition coefficient (Wildman–Crippen LogP) is 0.784. The van der Waals surface area contributed by atoms with Crippen molar-refractivity contribution in [3.05, 3.63) is 18.2 Å². The molecule has 1 aromatic heterocycles. The first kappa shape index (κ1) is 17.9. The van der Waals surface area contributed by atoms with Crippen LogP contribution in [0.3, 0.4) is 0 Å². The Kier molecular flexibility index (Phi) is 5.39. The van der Waals surface area contributed by atoms with Gasteiger partial charge in [-0.2, -0.15) is 0 Å². The molecule has 0 aromatic carbocycles. The molecule has 3 rings (SSSR count). The average molecular weight is 349 g/mol. The van der Waals surface area contributed by atoms with E-state index < -0.39 is 0 Å². The summed E-state index contributed by atoms with van der Waals surface area (Å²) in [5.74, 6) is -0.137. The zero-order valence-corrected chi connectivity index (χ0v) is 15.1. The molecule has 2 amide bonds. The Morgan fingerprint density at radius 1 is 1.28 bits per heavy atom. The van der Waals surface area contributed by atoms with E-state index in [9.17, 15) is 9.59 Å². The molecule has 2 saturated heterocycles. The topological polar surface area (TPSA) is 79.7 Å². The standard InChI is InChI=1S/C17H27N5O3/c1-12(2)20-7-4-13(5-8-20)19-16(23)15-18-6-9-22(15)17(24)21-10-14(11-21)25-3/h6,9,12-14H,4-5,7-8,10-11H2,1-3H3,(H,19,23). The highest BCUT2D eigenvalue weighted by molar-refractivity contribution is 5.95. The number of hydrogen-bond acceptors (Lipinski definition) is 5. The molecule has 0 bridgehead atoms. The van der Waals surface area contributed by atoms with E-state index in [0.717, 1.165) is 25.9 Å². The van der Waals surface area contributed by atoms with Gasteiger partial charge in [0.1, 0.15) is 0 Å². The zero-order valence-electron chi connectivity index (χ0n) is 15.1. The van der Waals surface area contributed by atoms with Crippen LogP contribution in [0.4, 0.5) is 4.79 Å². The summed E-state index contributed by atoms with van der Waals surface area (Å²) >= 11 is 0. The zero-order chi connectivity index (χ0) is 18.0. The molecule has 1 N–H and O–H groups in total. The molecular formula is C17H27N5O3. The van der Waals surface area contributed by atoms with Gasteiger partial charge in [0, 0.05) is 44.7 Å². The molecule has 25 heavy (non-hydrogen) atoms. The summed E-state index contributed by atoms with van der Waals surface area (Å²) in [6.07, 6.45) is 4.94. The minimum atomic E-state index is -0.287. The number of carbonyl (C=O) groups is 2. The fraction of sp³-hybridized carbons (Fsp3) is 0.706. The molecule has 3 heterocycles. The highest BCUT2D eigenvalue weighted by Crippen LogP contribution is 2.15. The lowest BCUT2D eigenvalue weighted by atomic mass is 10.0. The van der Waals surface area contributed by atoms with Crippen LogP contribution in [0, 0.1) is 0 Å². The SMILES string of the molecule is COC1CN(C(=O)n2ccnc2C(=O)NC2CCN(C(C)C)CC2)C1. The Bertz CT molecular complexity index is 616. The maximum atomic E-state index is 12.6. The molecule has 0 radical (unpaired) electrons. The first-order valence-electron chi connectivity index (χ1n) is 8.90. The number of methoxy groups -OCH3 is 1. The van der Waals surface area contributed by atoms with Crippen molar-refractivity contribution < 1.29 is 14.3 Å². The van der Waals surface area contributed by atoms with Gasteiger partial charge in [0.2, 0.25) is 5.82 Å². The third kappa shape index (κ3) is 3.85. The number of imidazole rings is 1. The van der Waals surface area contributed by atoms with E-state index in [0.29, 0.717) is 19.1 Å². The smallest absolute Gasteiger partial charge is 0.330 e. The van der Waals surface area contributed by atoms with E-state index in [1.807, 2.05) is 0 Å². The molecule has 8 heteroatoms.